The topological polar surface area (TPSA) is 3.24 Å². The largest absolute Gasteiger partial charge is 0.303 e. The summed E-state index contributed by atoms with van der Waals surface area (Å²) < 4.78 is 0. The van der Waals surface area contributed by atoms with Crippen LogP contribution in [0.15, 0.2) is 0 Å². The van der Waals surface area contributed by atoms with Gasteiger partial charge < -0.3 is 4.90 Å². The van der Waals surface area contributed by atoms with Crippen molar-refractivity contribution in [1.29, 1.82) is 0 Å². The summed E-state index contributed by atoms with van der Waals surface area (Å²) in [6.07, 6.45) is 4.46. The maximum Gasteiger partial charge on any atom is -0.00161 e. The molecule has 0 aromatic carbocycles. The Balaban J connectivity index is 0. The third-order valence-corrected chi connectivity index (χ3v) is 2.56. The molecule has 3 fully saturated rings. The second kappa shape index (κ2) is 6.36. The second-order valence-corrected chi connectivity index (χ2v) is 3.07. The molecule has 1 nitrogen and oxygen atoms in total. The summed E-state index contributed by atoms with van der Waals surface area (Å²) in [6.45, 7) is 4.18. The van der Waals surface area contributed by atoms with Crippen LogP contribution in [0.1, 0.15) is 19.3 Å². The van der Waals surface area contributed by atoms with Crippen LogP contribution in [0.2, 0.25) is 0 Å². The summed E-state index contributed by atoms with van der Waals surface area (Å²) in [5, 5.41) is 0. The van der Waals surface area contributed by atoms with Gasteiger partial charge in [0, 0.05) is 0 Å². The molecule has 70 valence electrons. The fourth-order valence-electron chi connectivity index (χ4n) is 1.86. The molecule has 3 aliphatic heterocycles. The number of nitrogens with zero attached hydrogens (tertiary/aromatic N) is 1. The molecular weight excluding hydrogens is 204 g/mol. The molecule has 3 saturated heterocycles. The van der Waals surface area contributed by atoms with E-state index in [9.17, 15) is 0 Å². The van der Waals surface area contributed by atoms with E-state index >= 15 is 0 Å². The van der Waals surface area contributed by atoms with Gasteiger partial charge in [0.25, 0.3) is 0 Å². The molecule has 3 aliphatic rings. The quantitative estimate of drug-likeness (QED) is 0.606. The van der Waals surface area contributed by atoms with Crippen molar-refractivity contribution in [3.05, 3.63) is 0 Å². The van der Waals surface area contributed by atoms with Crippen LogP contribution in [0.4, 0.5) is 0 Å². The monoisotopic (exact) mass is 219 g/mol. The van der Waals surface area contributed by atoms with E-state index in [1.807, 2.05) is 0 Å². The summed E-state index contributed by atoms with van der Waals surface area (Å²) in [6, 6.07) is 0. The van der Waals surface area contributed by atoms with Crippen LogP contribution < -0.4 is 0 Å². The second-order valence-electron chi connectivity index (χ2n) is 3.07. The summed E-state index contributed by atoms with van der Waals surface area (Å²) in [5.74, 6) is 1.11. The summed E-state index contributed by atoms with van der Waals surface area (Å²) >= 11 is 0. The molecule has 3 rings (SSSR count). The zero-order chi connectivity index (χ0) is 5.40. The van der Waals surface area contributed by atoms with Gasteiger partial charge in [-0.05, 0) is 44.8 Å². The van der Waals surface area contributed by atoms with E-state index in [2.05, 4.69) is 4.90 Å². The van der Waals surface area contributed by atoms with E-state index < -0.39 is 0 Å². The Hall–Kier alpha value is 0.830. The molecule has 0 atom stereocenters. The highest BCUT2D eigenvalue weighted by atomic mass is 35.5. The van der Waals surface area contributed by atoms with Gasteiger partial charge in [-0.25, -0.2) is 0 Å². The van der Waals surface area contributed by atoms with E-state index in [4.69, 9.17) is 0 Å². The Morgan fingerprint density at radius 1 is 0.727 bits per heavy atom. The van der Waals surface area contributed by atoms with E-state index in [1.165, 1.54) is 38.9 Å². The molecule has 11 heavy (non-hydrogen) atoms. The molecule has 0 spiro atoms. The molecule has 0 amide bonds. The van der Waals surface area contributed by atoms with Crippen LogP contribution in [0.25, 0.3) is 0 Å². The normalized spacial score (nSPS) is 32.7. The van der Waals surface area contributed by atoms with Crippen LogP contribution in [-0.4, -0.2) is 24.5 Å². The van der Waals surface area contributed by atoms with Crippen molar-refractivity contribution < 1.29 is 0 Å². The standard InChI is InChI=1S/C7H13N.3ClH/c1-4-8-5-2-7(1)3-6-8;;;/h7H,1-6H2;3*1H. The van der Waals surface area contributed by atoms with E-state index in [-0.39, 0.29) is 37.2 Å². The highest BCUT2D eigenvalue weighted by Gasteiger charge is 2.24. The lowest BCUT2D eigenvalue weighted by atomic mass is 9.89. The van der Waals surface area contributed by atoms with Gasteiger partial charge in [-0.3, -0.25) is 0 Å². The van der Waals surface area contributed by atoms with Gasteiger partial charge in [0.1, 0.15) is 0 Å². The molecule has 0 aromatic rings. The number of halogens is 3. The van der Waals surface area contributed by atoms with Crippen LogP contribution in [0, 0.1) is 5.92 Å². The molecule has 0 aliphatic carbocycles. The maximum atomic E-state index is 2.58. The third kappa shape index (κ3) is 3.37. The minimum absolute atomic E-state index is 0. The first-order valence-corrected chi connectivity index (χ1v) is 3.67. The van der Waals surface area contributed by atoms with Crippen LogP contribution in [0.5, 0.6) is 0 Å². The summed E-state index contributed by atoms with van der Waals surface area (Å²) in [4.78, 5) is 2.58. The number of piperidine rings is 3. The molecule has 0 N–H and O–H groups in total. The van der Waals surface area contributed by atoms with Gasteiger partial charge in [-0.2, -0.15) is 0 Å². The molecule has 0 radical (unpaired) electrons. The highest BCUT2D eigenvalue weighted by Crippen LogP contribution is 2.26. The fraction of sp³-hybridized carbons (Fsp3) is 1.00. The summed E-state index contributed by atoms with van der Waals surface area (Å²) in [7, 11) is 0. The molecule has 3 heterocycles. The van der Waals surface area contributed by atoms with Gasteiger partial charge in [0.2, 0.25) is 0 Å². The van der Waals surface area contributed by atoms with E-state index in [0.717, 1.165) is 5.92 Å². The average molecular weight is 221 g/mol. The van der Waals surface area contributed by atoms with Gasteiger partial charge in [-0.1, -0.05) is 0 Å². The number of fused-ring (bicyclic) bond motifs is 3. The maximum absolute atomic E-state index is 2.58. The first-order valence-electron chi connectivity index (χ1n) is 3.67. The van der Waals surface area contributed by atoms with Gasteiger partial charge in [0.15, 0.2) is 0 Å². The lowest BCUT2D eigenvalue weighted by Gasteiger charge is -2.38. The van der Waals surface area contributed by atoms with E-state index in [1.54, 1.807) is 0 Å². The van der Waals surface area contributed by atoms with Crippen LogP contribution in [-0.2, 0) is 0 Å². The molecule has 0 aromatic heterocycles. The fourth-order valence-corrected chi connectivity index (χ4v) is 1.86. The minimum Gasteiger partial charge on any atom is -0.303 e. The van der Waals surface area contributed by atoms with Crippen molar-refractivity contribution >= 4 is 37.2 Å². The van der Waals surface area contributed by atoms with Crippen molar-refractivity contribution in [1.82, 2.24) is 4.90 Å². The van der Waals surface area contributed by atoms with Crippen molar-refractivity contribution in [2.24, 2.45) is 5.92 Å². The molecule has 4 heteroatoms. The lowest BCUT2D eigenvalue weighted by molar-refractivity contribution is 0.111. The van der Waals surface area contributed by atoms with Crippen molar-refractivity contribution in [2.45, 2.75) is 19.3 Å². The smallest absolute Gasteiger partial charge is 0.00161 e. The Morgan fingerprint density at radius 3 is 1.18 bits per heavy atom. The zero-order valence-electron chi connectivity index (χ0n) is 6.49. The molecule has 0 saturated carbocycles. The number of hydrogen-bond donors (Lipinski definition) is 0. The van der Waals surface area contributed by atoms with Crippen molar-refractivity contribution in [3.63, 3.8) is 0 Å². The van der Waals surface area contributed by atoms with Crippen LogP contribution in [0.3, 0.4) is 0 Å². The average Bonchev–Trinajstić information content (AvgIpc) is 1.92. The minimum atomic E-state index is 0. The van der Waals surface area contributed by atoms with Crippen molar-refractivity contribution in [3.8, 4) is 0 Å². The van der Waals surface area contributed by atoms with Crippen LogP contribution >= 0.6 is 37.2 Å². The Labute approximate surface area is 87.1 Å². The molecule has 0 unspecified atom stereocenters. The van der Waals surface area contributed by atoms with Gasteiger partial charge >= 0.3 is 0 Å². The Bertz CT molecular complexity index is 68.7. The number of rotatable bonds is 0. The SMILES string of the molecule is C1CN2CCC1CC2.Cl.Cl.Cl. The lowest BCUT2D eigenvalue weighted by Crippen LogP contribution is -2.41. The molecule has 2 bridgehead atoms. The van der Waals surface area contributed by atoms with Crippen molar-refractivity contribution in [2.75, 3.05) is 19.6 Å². The molecular formula is C7H16Cl3N. The van der Waals surface area contributed by atoms with Gasteiger partial charge in [-0.15, -0.1) is 37.2 Å². The first-order chi connectivity index (χ1) is 3.95. The Kier molecular flexibility index (Phi) is 8.30. The predicted octanol–water partition coefficient (Wildman–Crippen LogP) is 2.37. The van der Waals surface area contributed by atoms with E-state index in [0.29, 0.717) is 0 Å². The third-order valence-electron chi connectivity index (χ3n) is 2.56. The number of hydrogen-bond acceptors (Lipinski definition) is 1. The Morgan fingerprint density at radius 2 is 1.09 bits per heavy atom. The predicted molar refractivity (Wildman–Crippen MR) is 55.5 cm³/mol. The van der Waals surface area contributed by atoms with Gasteiger partial charge in [0.05, 0.1) is 0 Å². The zero-order valence-corrected chi connectivity index (χ0v) is 8.94. The highest BCUT2D eigenvalue weighted by molar-refractivity contribution is 5.86. The first kappa shape index (κ1) is 14.4. The summed E-state index contributed by atoms with van der Waals surface area (Å²) in [5.41, 5.74) is 0.